The highest BCUT2D eigenvalue weighted by Gasteiger charge is 2.18. The molecule has 1 aliphatic heterocycles. The lowest BCUT2D eigenvalue weighted by Gasteiger charge is -2.28. The van der Waals surface area contributed by atoms with Crippen molar-refractivity contribution in [1.82, 2.24) is 9.78 Å². The molecule has 1 aliphatic rings. The van der Waals surface area contributed by atoms with E-state index < -0.39 is 0 Å². The molecule has 2 aromatic rings. The standard InChI is InChI=1S/C15H17FN4O/c1-11-14(19-8-6-17-7-9-19)10-18-20(15(11)21)13-4-2-12(16)3-5-13/h2-5,10,17H,6-9H2,1H3/p+1. The lowest BCUT2D eigenvalue weighted by molar-refractivity contribution is -0.655. The van der Waals surface area contributed by atoms with Crippen molar-refractivity contribution in [3.8, 4) is 5.69 Å². The molecule has 3 rings (SSSR count). The zero-order chi connectivity index (χ0) is 14.8. The fourth-order valence-corrected chi connectivity index (χ4v) is 2.61. The highest BCUT2D eigenvalue weighted by atomic mass is 19.1. The monoisotopic (exact) mass is 289 g/mol. The molecule has 1 fully saturated rings. The van der Waals surface area contributed by atoms with Gasteiger partial charge in [-0.3, -0.25) is 4.79 Å². The molecular weight excluding hydrogens is 271 g/mol. The molecule has 0 aliphatic carbocycles. The molecule has 0 atom stereocenters. The molecule has 0 bridgehead atoms. The smallest absolute Gasteiger partial charge is 0.276 e. The van der Waals surface area contributed by atoms with Crippen LogP contribution in [0.3, 0.4) is 0 Å². The molecule has 1 aromatic carbocycles. The van der Waals surface area contributed by atoms with E-state index in [1.165, 1.54) is 16.8 Å². The maximum atomic E-state index is 13.0. The quantitative estimate of drug-likeness (QED) is 0.851. The second-order valence-electron chi connectivity index (χ2n) is 5.20. The van der Waals surface area contributed by atoms with Crippen LogP contribution >= 0.6 is 0 Å². The number of halogens is 1. The van der Waals surface area contributed by atoms with Crippen LogP contribution in [0.15, 0.2) is 35.3 Å². The zero-order valence-electron chi connectivity index (χ0n) is 11.9. The minimum Gasteiger partial charge on any atom is -0.359 e. The second kappa shape index (κ2) is 5.65. The predicted octanol–water partition coefficient (Wildman–Crippen LogP) is 0.0634. The Kier molecular flexibility index (Phi) is 3.70. The highest BCUT2D eigenvalue weighted by molar-refractivity contribution is 5.51. The van der Waals surface area contributed by atoms with E-state index in [-0.39, 0.29) is 11.4 Å². The summed E-state index contributed by atoms with van der Waals surface area (Å²) >= 11 is 0. The Morgan fingerprint density at radius 3 is 2.52 bits per heavy atom. The van der Waals surface area contributed by atoms with Gasteiger partial charge in [-0.25, -0.2) is 4.39 Å². The van der Waals surface area contributed by atoms with E-state index in [4.69, 9.17) is 0 Å². The van der Waals surface area contributed by atoms with Gasteiger partial charge in [0.15, 0.2) is 0 Å². The van der Waals surface area contributed by atoms with E-state index in [9.17, 15) is 9.18 Å². The number of rotatable bonds is 2. The summed E-state index contributed by atoms with van der Waals surface area (Å²) in [7, 11) is 0. The third-order valence-electron chi connectivity index (χ3n) is 3.81. The molecule has 2 N–H and O–H groups in total. The number of aromatic nitrogens is 2. The molecule has 6 heteroatoms. The number of hydrogen-bond acceptors (Lipinski definition) is 3. The van der Waals surface area contributed by atoms with Crippen LogP contribution in [-0.2, 0) is 0 Å². The van der Waals surface area contributed by atoms with Gasteiger partial charge in [-0.15, -0.1) is 0 Å². The van der Waals surface area contributed by atoms with E-state index >= 15 is 0 Å². The van der Waals surface area contributed by atoms with Crippen molar-refractivity contribution < 1.29 is 9.71 Å². The van der Waals surface area contributed by atoms with Gasteiger partial charge in [0, 0.05) is 5.56 Å². The maximum absolute atomic E-state index is 13.0. The molecule has 2 heterocycles. The first kappa shape index (κ1) is 13.8. The van der Waals surface area contributed by atoms with E-state index in [2.05, 4.69) is 15.3 Å². The van der Waals surface area contributed by atoms with Crippen molar-refractivity contribution in [2.45, 2.75) is 6.92 Å². The van der Waals surface area contributed by atoms with Crippen molar-refractivity contribution >= 4 is 5.69 Å². The zero-order valence-corrected chi connectivity index (χ0v) is 11.9. The van der Waals surface area contributed by atoms with Gasteiger partial charge >= 0.3 is 0 Å². The number of benzene rings is 1. The molecule has 21 heavy (non-hydrogen) atoms. The fraction of sp³-hybridized carbons (Fsp3) is 0.333. The number of quaternary nitrogens is 1. The topological polar surface area (TPSA) is 54.7 Å². The fourth-order valence-electron chi connectivity index (χ4n) is 2.61. The van der Waals surface area contributed by atoms with Gasteiger partial charge in [0.05, 0.1) is 43.8 Å². The Balaban J connectivity index is 2.00. The van der Waals surface area contributed by atoms with E-state index in [0.717, 1.165) is 31.9 Å². The van der Waals surface area contributed by atoms with Crippen LogP contribution in [0.1, 0.15) is 5.56 Å². The van der Waals surface area contributed by atoms with Gasteiger partial charge in [0.2, 0.25) is 0 Å². The van der Waals surface area contributed by atoms with Crippen molar-refractivity contribution in [2.75, 3.05) is 31.1 Å². The van der Waals surface area contributed by atoms with Gasteiger partial charge in [-0.05, 0) is 31.2 Å². The Morgan fingerprint density at radius 2 is 1.86 bits per heavy atom. The summed E-state index contributed by atoms with van der Waals surface area (Å²) in [6, 6.07) is 5.76. The molecule has 1 aromatic heterocycles. The van der Waals surface area contributed by atoms with Gasteiger partial charge in [0.25, 0.3) is 5.56 Å². The summed E-state index contributed by atoms with van der Waals surface area (Å²) in [5.74, 6) is -0.329. The molecule has 1 saturated heterocycles. The van der Waals surface area contributed by atoms with Crippen molar-refractivity contribution in [3.05, 3.63) is 52.2 Å². The Bertz CT molecular complexity index is 690. The number of piperazine rings is 1. The first-order valence-electron chi connectivity index (χ1n) is 7.08. The molecular formula is C15H18FN4O+. The third-order valence-corrected chi connectivity index (χ3v) is 3.81. The normalized spacial score (nSPS) is 15.2. The van der Waals surface area contributed by atoms with Gasteiger partial charge in [0.1, 0.15) is 5.82 Å². The summed E-state index contributed by atoms with van der Waals surface area (Å²) in [5, 5.41) is 6.51. The molecule has 0 radical (unpaired) electrons. The Hall–Kier alpha value is -2.21. The SMILES string of the molecule is Cc1c(N2CC[NH2+]CC2)cnn(-c2ccc(F)cc2)c1=O. The van der Waals surface area contributed by atoms with Crippen molar-refractivity contribution in [3.63, 3.8) is 0 Å². The maximum Gasteiger partial charge on any atom is 0.276 e. The van der Waals surface area contributed by atoms with E-state index in [0.29, 0.717) is 11.3 Å². The van der Waals surface area contributed by atoms with Crippen LogP contribution < -0.4 is 15.8 Å². The predicted molar refractivity (Wildman–Crippen MR) is 78.4 cm³/mol. The number of nitrogens with two attached hydrogens (primary N) is 1. The first-order chi connectivity index (χ1) is 10.2. The average Bonchev–Trinajstić information content (AvgIpc) is 2.52. The average molecular weight is 289 g/mol. The van der Waals surface area contributed by atoms with Gasteiger partial charge in [-0.2, -0.15) is 9.78 Å². The van der Waals surface area contributed by atoms with Crippen LogP contribution in [0.25, 0.3) is 5.69 Å². The highest BCUT2D eigenvalue weighted by Crippen LogP contribution is 2.16. The van der Waals surface area contributed by atoms with Crippen LogP contribution in [-0.4, -0.2) is 36.0 Å². The molecule has 0 unspecified atom stereocenters. The lowest BCUT2D eigenvalue weighted by Crippen LogP contribution is -2.89. The summed E-state index contributed by atoms with van der Waals surface area (Å²) in [6.45, 7) is 5.71. The summed E-state index contributed by atoms with van der Waals surface area (Å²) in [6.07, 6.45) is 1.73. The number of nitrogens with zero attached hydrogens (tertiary/aromatic N) is 3. The summed E-state index contributed by atoms with van der Waals surface area (Å²) in [5.41, 5.74) is 1.99. The third kappa shape index (κ3) is 2.67. The van der Waals surface area contributed by atoms with Gasteiger partial charge in [-0.1, -0.05) is 0 Å². The minimum atomic E-state index is -0.329. The Morgan fingerprint density at radius 1 is 1.19 bits per heavy atom. The van der Waals surface area contributed by atoms with Crippen LogP contribution in [0.2, 0.25) is 0 Å². The summed E-state index contributed by atoms with van der Waals surface area (Å²) in [4.78, 5) is 14.7. The van der Waals surface area contributed by atoms with E-state index in [1.54, 1.807) is 18.3 Å². The molecule has 110 valence electrons. The second-order valence-corrected chi connectivity index (χ2v) is 5.20. The van der Waals surface area contributed by atoms with Crippen LogP contribution in [0.4, 0.5) is 10.1 Å². The number of anilines is 1. The van der Waals surface area contributed by atoms with Crippen molar-refractivity contribution in [2.24, 2.45) is 0 Å². The first-order valence-corrected chi connectivity index (χ1v) is 7.08. The van der Waals surface area contributed by atoms with E-state index in [1.807, 2.05) is 6.92 Å². The van der Waals surface area contributed by atoms with Crippen LogP contribution in [0.5, 0.6) is 0 Å². The largest absolute Gasteiger partial charge is 0.359 e. The molecule has 0 amide bonds. The summed E-state index contributed by atoms with van der Waals surface area (Å²) < 4.78 is 14.3. The molecule has 5 nitrogen and oxygen atoms in total. The molecule has 0 spiro atoms. The molecule has 0 saturated carbocycles. The van der Waals surface area contributed by atoms with Gasteiger partial charge < -0.3 is 10.2 Å². The minimum absolute atomic E-state index is 0.159. The van der Waals surface area contributed by atoms with Crippen molar-refractivity contribution in [1.29, 1.82) is 0 Å². The van der Waals surface area contributed by atoms with Crippen LogP contribution in [0, 0.1) is 12.7 Å². The lowest BCUT2D eigenvalue weighted by atomic mass is 10.2. The number of hydrogen-bond donors (Lipinski definition) is 1. The Labute approximate surface area is 122 Å².